The molecule has 1 saturated carbocycles. The maximum Gasteiger partial charge on any atom is 0.251 e. The van der Waals surface area contributed by atoms with Crippen LogP contribution in [0.1, 0.15) is 36.0 Å². The number of hydrogen-bond donors (Lipinski definition) is 2. The van der Waals surface area contributed by atoms with Gasteiger partial charge in [0.25, 0.3) is 5.91 Å². The van der Waals surface area contributed by atoms with Crippen LogP contribution in [0.25, 0.3) is 0 Å². The molecule has 0 bridgehead atoms. The molecule has 3 nitrogen and oxygen atoms in total. The van der Waals surface area contributed by atoms with Gasteiger partial charge in [-0.15, -0.1) is 0 Å². The third-order valence-corrected chi connectivity index (χ3v) is 3.66. The van der Waals surface area contributed by atoms with Crippen molar-refractivity contribution in [3.63, 3.8) is 0 Å². The van der Waals surface area contributed by atoms with Crippen LogP contribution in [0.2, 0.25) is 5.02 Å². The minimum atomic E-state index is -0.198. The van der Waals surface area contributed by atoms with E-state index in [2.05, 4.69) is 5.32 Å². The molecule has 2 N–H and O–H groups in total. The Labute approximate surface area is 112 Å². The number of aliphatic hydroxyl groups excluding tert-OH is 1. The summed E-state index contributed by atoms with van der Waals surface area (Å²) in [5, 5.41) is 13.1. The summed E-state index contributed by atoms with van der Waals surface area (Å²) in [7, 11) is 0. The van der Waals surface area contributed by atoms with Crippen LogP contribution in [0.3, 0.4) is 0 Å². The molecule has 2 rings (SSSR count). The fraction of sp³-hybridized carbons (Fsp3) is 0.500. The molecule has 1 fully saturated rings. The first kappa shape index (κ1) is 13.4. The van der Waals surface area contributed by atoms with E-state index in [1.807, 2.05) is 0 Å². The number of halogens is 1. The van der Waals surface area contributed by atoms with Crippen molar-refractivity contribution in [2.24, 2.45) is 5.92 Å². The van der Waals surface area contributed by atoms with Crippen LogP contribution >= 0.6 is 11.6 Å². The topological polar surface area (TPSA) is 49.3 Å². The number of hydrogen-bond acceptors (Lipinski definition) is 2. The van der Waals surface area contributed by atoms with E-state index in [1.54, 1.807) is 24.3 Å². The number of nitrogens with one attached hydrogen (secondary N) is 1. The van der Waals surface area contributed by atoms with E-state index in [-0.39, 0.29) is 12.0 Å². The zero-order valence-electron chi connectivity index (χ0n) is 10.2. The van der Waals surface area contributed by atoms with Crippen molar-refractivity contribution in [1.29, 1.82) is 0 Å². The fourth-order valence-electron chi connectivity index (χ4n) is 2.39. The Morgan fingerprint density at radius 2 is 2.06 bits per heavy atom. The number of carbonyl (C=O) groups excluding carboxylic acids is 1. The standard InChI is InChI=1S/C14H18ClNO2/c15-12-6-4-11(5-7-12)14(18)16-9-10-2-1-3-13(17)8-10/h4-7,10,13,17H,1-3,8-9H2,(H,16,18). The first-order valence-electron chi connectivity index (χ1n) is 6.37. The van der Waals surface area contributed by atoms with Gasteiger partial charge in [-0.1, -0.05) is 18.0 Å². The van der Waals surface area contributed by atoms with E-state index in [0.29, 0.717) is 23.0 Å². The zero-order chi connectivity index (χ0) is 13.0. The molecule has 18 heavy (non-hydrogen) atoms. The van der Waals surface area contributed by atoms with E-state index in [4.69, 9.17) is 11.6 Å². The largest absolute Gasteiger partial charge is 0.393 e. The number of aliphatic hydroxyl groups is 1. The van der Waals surface area contributed by atoms with Crippen LogP contribution in [-0.4, -0.2) is 23.7 Å². The van der Waals surface area contributed by atoms with Crippen molar-refractivity contribution in [3.8, 4) is 0 Å². The van der Waals surface area contributed by atoms with Crippen molar-refractivity contribution in [1.82, 2.24) is 5.32 Å². The normalized spacial score (nSPS) is 23.7. The molecule has 0 aromatic heterocycles. The maximum atomic E-state index is 11.9. The average molecular weight is 268 g/mol. The van der Waals surface area contributed by atoms with Crippen LogP contribution in [-0.2, 0) is 0 Å². The van der Waals surface area contributed by atoms with Crippen molar-refractivity contribution in [2.45, 2.75) is 31.8 Å². The monoisotopic (exact) mass is 267 g/mol. The first-order valence-corrected chi connectivity index (χ1v) is 6.75. The van der Waals surface area contributed by atoms with Crippen LogP contribution in [0, 0.1) is 5.92 Å². The maximum absolute atomic E-state index is 11.9. The van der Waals surface area contributed by atoms with Gasteiger partial charge < -0.3 is 10.4 Å². The van der Waals surface area contributed by atoms with Crippen molar-refractivity contribution >= 4 is 17.5 Å². The van der Waals surface area contributed by atoms with Crippen molar-refractivity contribution in [3.05, 3.63) is 34.9 Å². The SMILES string of the molecule is O=C(NCC1CCCC(O)C1)c1ccc(Cl)cc1. The van der Waals surface area contributed by atoms with Crippen LogP contribution in [0.15, 0.2) is 24.3 Å². The van der Waals surface area contributed by atoms with Gasteiger partial charge in [0.05, 0.1) is 6.10 Å². The molecule has 1 aromatic rings. The molecule has 0 heterocycles. The number of amides is 1. The van der Waals surface area contributed by atoms with Gasteiger partial charge in [-0.2, -0.15) is 0 Å². The summed E-state index contributed by atoms with van der Waals surface area (Å²) in [5.74, 6) is 0.316. The summed E-state index contributed by atoms with van der Waals surface area (Å²) in [6, 6.07) is 6.85. The highest BCUT2D eigenvalue weighted by Gasteiger charge is 2.20. The van der Waals surface area contributed by atoms with Crippen LogP contribution in [0.4, 0.5) is 0 Å². The van der Waals surface area contributed by atoms with Gasteiger partial charge in [0.2, 0.25) is 0 Å². The van der Waals surface area contributed by atoms with E-state index < -0.39 is 0 Å². The number of benzene rings is 1. The molecule has 0 saturated heterocycles. The summed E-state index contributed by atoms with van der Waals surface area (Å²) in [6.45, 7) is 0.637. The van der Waals surface area contributed by atoms with E-state index in [0.717, 1.165) is 25.7 Å². The van der Waals surface area contributed by atoms with Crippen molar-refractivity contribution in [2.75, 3.05) is 6.54 Å². The molecule has 1 aliphatic carbocycles. The van der Waals surface area contributed by atoms with Crippen LogP contribution in [0.5, 0.6) is 0 Å². The van der Waals surface area contributed by atoms with E-state index in [1.165, 1.54) is 0 Å². The van der Waals surface area contributed by atoms with Gasteiger partial charge in [-0.05, 0) is 49.4 Å². The number of rotatable bonds is 3. The second-order valence-corrected chi connectivity index (χ2v) is 5.34. The highest BCUT2D eigenvalue weighted by atomic mass is 35.5. The van der Waals surface area contributed by atoms with Gasteiger partial charge in [-0.3, -0.25) is 4.79 Å². The molecule has 98 valence electrons. The predicted molar refractivity (Wildman–Crippen MR) is 71.8 cm³/mol. The summed E-state index contributed by atoms with van der Waals surface area (Å²) in [5.41, 5.74) is 0.621. The Balaban J connectivity index is 1.82. The minimum absolute atomic E-state index is 0.0771. The summed E-state index contributed by atoms with van der Waals surface area (Å²) in [4.78, 5) is 11.9. The second-order valence-electron chi connectivity index (χ2n) is 4.90. The molecule has 2 atom stereocenters. The van der Waals surface area contributed by atoms with Gasteiger partial charge in [0, 0.05) is 17.1 Å². The van der Waals surface area contributed by atoms with Crippen molar-refractivity contribution < 1.29 is 9.90 Å². The number of carbonyl (C=O) groups is 1. The zero-order valence-corrected chi connectivity index (χ0v) is 11.0. The lowest BCUT2D eigenvalue weighted by atomic mass is 9.87. The third kappa shape index (κ3) is 3.72. The Hall–Kier alpha value is -1.06. The van der Waals surface area contributed by atoms with Gasteiger partial charge in [-0.25, -0.2) is 0 Å². The third-order valence-electron chi connectivity index (χ3n) is 3.41. The Kier molecular flexibility index (Phi) is 4.61. The molecule has 1 aromatic carbocycles. The molecule has 1 amide bonds. The van der Waals surface area contributed by atoms with Gasteiger partial charge >= 0.3 is 0 Å². The highest BCUT2D eigenvalue weighted by molar-refractivity contribution is 6.30. The molecule has 1 aliphatic rings. The molecular formula is C14H18ClNO2. The Morgan fingerprint density at radius 1 is 1.33 bits per heavy atom. The molecule has 0 radical (unpaired) electrons. The summed E-state index contributed by atoms with van der Waals surface area (Å²) in [6.07, 6.45) is 3.61. The Bertz CT molecular complexity index is 405. The van der Waals surface area contributed by atoms with Gasteiger partial charge in [0.15, 0.2) is 0 Å². The second kappa shape index (κ2) is 6.21. The first-order chi connectivity index (χ1) is 8.65. The summed E-state index contributed by atoms with van der Waals surface area (Å²) >= 11 is 5.77. The smallest absolute Gasteiger partial charge is 0.251 e. The summed E-state index contributed by atoms with van der Waals surface area (Å²) < 4.78 is 0. The molecular weight excluding hydrogens is 250 g/mol. The lowest BCUT2D eigenvalue weighted by Crippen LogP contribution is -2.32. The molecule has 0 aliphatic heterocycles. The molecule has 4 heteroatoms. The fourth-order valence-corrected chi connectivity index (χ4v) is 2.51. The quantitative estimate of drug-likeness (QED) is 0.885. The minimum Gasteiger partial charge on any atom is -0.393 e. The highest BCUT2D eigenvalue weighted by Crippen LogP contribution is 2.23. The van der Waals surface area contributed by atoms with Gasteiger partial charge in [0.1, 0.15) is 0 Å². The van der Waals surface area contributed by atoms with E-state index in [9.17, 15) is 9.90 Å². The molecule has 0 spiro atoms. The predicted octanol–water partition coefficient (Wildman–Crippen LogP) is 2.62. The van der Waals surface area contributed by atoms with Crippen LogP contribution < -0.4 is 5.32 Å². The lowest BCUT2D eigenvalue weighted by Gasteiger charge is -2.25. The Morgan fingerprint density at radius 3 is 2.72 bits per heavy atom. The molecule has 2 unspecified atom stereocenters. The average Bonchev–Trinajstić information content (AvgIpc) is 2.37. The lowest BCUT2D eigenvalue weighted by molar-refractivity contribution is 0.0874. The van der Waals surface area contributed by atoms with E-state index >= 15 is 0 Å².